The Morgan fingerprint density at radius 2 is 2.06 bits per heavy atom. The first-order valence-corrected chi connectivity index (χ1v) is 6.17. The molecule has 3 nitrogen and oxygen atoms in total. The number of rotatable bonds is 4. The summed E-state index contributed by atoms with van der Waals surface area (Å²) >= 11 is 0. The molecule has 1 saturated carbocycles. The summed E-state index contributed by atoms with van der Waals surface area (Å²) in [5.41, 5.74) is 2.14. The summed E-state index contributed by atoms with van der Waals surface area (Å²) in [6.07, 6.45) is 2.73. The molecule has 3 heteroatoms. The van der Waals surface area contributed by atoms with Gasteiger partial charge in [-0.15, -0.1) is 0 Å². The maximum absolute atomic E-state index is 4.63. The fourth-order valence-corrected chi connectivity index (χ4v) is 1.94. The maximum atomic E-state index is 4.63. The molecule has 1 aliphatic carbocycles. The molecule has 1 aromatic heterocycles. The number of nitrogens with zero attached hydrogens (tertiary/aromatic N) is 1. The van der Waals surface area contributed by atoms with E-state index < -0.39 is 0 Å². The van der Waals surface area contributed by atoms with Crippen LogP contribution in [-0.2, 0) is 0 Å². The van der Waals surface area contributed by atoms with E-state index in [-0.39, 0.29) is 0 Å². The third kappa shape index (κ3) is 2.33. The highest BCUT2D eigenvalue weighted by molar-refractivity contribution is 5.83. The molecule has 3 rings (SSSR count). The van der Waals surface area contributed by atoms with Gasteiger partial charge in [0, 0.05) is 24.7 Å². The monoisotopic (exact) mass is 227 g/mol. The molecule has 1 aromatic carbocycles. The zero-order valence-electron chi connectivity index (χ0n) is 10.0. The van der Waals surface area contributed by atoms with Crippen LogP contribution in [-0.4, -0.2) is 18.6 Å². The van der Waals surface area contributed by atoms with Crippen LogP contribution in [0.2, 0.25) is 0 Å². The van der Waals surface area contributed by atoms with Crippen LogP contribution >= 0.6 is 0 Å². The molecule has 0 bridgehead atoms. The Morgan fingerprint density at radius 1 is 1.24 bits per heavy atom. The van der Waals surface area contributed by atoms with E-state index in [9.17, 15) is 0 Å². The summed E-state index contributed by atoms with van der Waals surface area (Å²) in [4.78, 5) is 4.63. The number of fused-ring (bicyclic) bond motifs is 1. The number of hydrogen-bond acceptors (Lipinski definition) is 3. The lowest BCUT2D eigenvalue weighted by Crippen LogP contribution is -2.04. The molecule has 1 fully saturated rings. The van der Waals surface area contributed by atoms with Gasteiger partial charge in [-0.3, -0.25) is 0 Å². The van der Waals surface area contributed by atoms with Crippen LogP contribution in [0.4, 0.5) is 11.5 Å². The highest BCUT2D eigenvalue weighted by atomic mass is 15.0. The van der Waals surface area contributed by atoms with Crippen molar-refractivity contribution in [2.24, 2.45) is 5.92 Å². The minimum atomic E-state index is 0.871. The minimum Gasteiger partial charge on any atom is -0.388 e. The smallest absolute Gasteiger partial charge is 0.126 e. The SMILES string of the molecule is CNc1ccc2ccc(NCC3CC3)nc2c1. The normalized spacial score (nSPS) is 14.9. The van der Waals surface area contributed by atoms with Crippen LogP contribution in [0, 0.1) is 5.92 Å². The van der Waals surface area contributed by atoms with E-state index >= 15 is 0 Å². The van der Waals surface area contributed by atoms with Crippen LogP contribution in [0.25, 0.3) is 10.9 Å². The van der Waals surface area contributed by atoms with E-state index in [2.05, 4.69) is 45.9 Å². The van der Waals surface area contributed by atoms with Gasteiger partial charge in [0.15, 0.2) is 0 Å². The highest BCUT2D eigenvalue weighted by Gasteiger charge is 2.20. The molecule has 0 unspecified atom stereocenters. The minimum absolute atomic E-state index is 0.871. The third-order valence-corrected chi connectivity index (χ3v) is 3.25. The third-order valence-electron chi connectivity index (χ3n) is 3.25. The lowest BCUT2D eigenvalue weighted by molar-refractivity contribution is 0.884. The predicted octanol–water partition coefficient (Wildman–Crippen LogP) is 3.10. The van der Waals surface area contributed by atoms with Gasteiger partial charge in [-0.1, -0.05) is 6.07 Å². The Balaban J connectivity index is 1.86. The van der Waals surface area contributed by atoms with Gasteiger partial charge in [-0.2, -0.15) is 0 Å². The van der Waals surface area contributed by atoms with Crippen molar-refractivity contribution in [3.63, 3.8) is 0 Å². The highest BCUT2D eigenvalue weighted by Crippen LogP contribution is 2.29. The van der Waals surface area contributed by atoms with Gasteiger partial charge in [0.25, 0.3) is 0 Å². The van der Waals surface area contributed by atoms with E-state index in [1.807, 2.05) is 7.05 Å². The largest absolute Gasteiger partial charge is 0.388 e. The van der Waals surface area contributed by atoms with E-state index in [0.717, 1.165) is 29.5 Å². The quantitative estimate of drug-likeness (QED) is 0.842. The molecule has 0 spiro atoms. The van der Waals surface area contributed by atoms with Crippen LogP contribution in [0.5, 0.6) is 0 Å². The lowest BCUT2D eigenvalue weighted by atomic mass is 10.2. The van der Waals surface area contributed by atoms with Gasteiger partial charge in [0.1, 0.15) is 5.82 Å². The second-order valence-corrected chi connectivity index (χ2v) is 4.68. The van der Waals surface area contributed by atoms with E-state index in [0.29, 0.717) is 0 Å². The van der Waals surface area contributed by atoms with Gasteiger partial charge >= 0.3 is 0 Å². The zero-order chi connectivity index (χ0) is 11.7. The van der Waals surface area contributed by atoms with Crippen molar-refractivity contribution >= 4 is 22.4 Å². The fourth-order valence-electron chi connectivity index (χ4n) is 1.94. The number of aromatic nitrogens is 1. The van der Waals surface area contributed by atoms with Crippen LogP contribution < -0.4 is 10.6 Å². The van der Waals surface area contributed by atoms with Gasteiger partial charge in [0.05, 0.1) is 5.52 Å². The van der Waals surface area contributed by atoms with E-state index in [4.69, 9.17) is 0 Å². The molecule has 2 N–H and O–H groups in total. The zero-order valence-corrected chi connectivity index (χ0v) is 10.0. The van der Waals surface area contributed by atoms with Crippen molar-refractivity contribution in [2.75, 3.05) is 24.2 Å². The van der Waals surface area contributed by atoms with Crippen molar-refractivity contribution in [3.05, 3.63) is 30.3 Å². The molecular weight excluding hydrogens is 210 g/mol. The van der Waals surface area contributed by atoms with Crippen molar-refractivity contribution in [3.8, 4) is 0 Å². The molecule has 17 heavy (non-hydrogen) atoms. The Labute approximate surface area is 101 Å². The number of anilines is 2. The summed E-state index contributed by atoms with van der Waals surface area (Å²) in [6.45, 7) is 1.06. The van der Waals surface area contributed by atoms with Crippen molar-refractivity contribution in [2.45, 2.75) is 12.8 Å². The first-order chi connectivity index (χ1) is 8.35. The molecule has 88 valence electrons. The Kier molecular flexibility index (Phi) is 2.59. The second kappa shape index (κ2) is 4.24. The van der Waals surface area contributed by atoms with E-state index in [1.165, 1.54) is 18.2 Å². The molecule has 0 aliphatic heterocycles. The van der Waals surface area contributed by atoms with E-state index in [1.54, 1.807) is 0 Å². The van der Waals surface area contributed by atoms with Crippen LogP contribution in [0.1, 0.15) is 12.8 Å². The number of hydrogen-bond donors (Lipinski definition) is 2. The summed E-state index contributed by atoms with van der Waals surface area (Å²) < 4.78 is 0. The van der Waals surface area contributed by atoms with Crippen molar-refractivity contribution < 1.29 is 0 Å². The molecule has 0 saturated heterocycles. The number of benzene rings is 1. The first-order valence-electron chi connectivity index (χ1n) is 6.17. The summed E-state index contributed by atoms with van der Waals surface area (Å²) in [5, 5.41) is 7.72. The number of pyridine rings is 1. The standard InChI is InChI=1S/C14H17N3/c1-15-12-6-4-11-5-7-14(17-13(11)8-12)16-9-10-2-3-10/h4-8,10,15H,2-3,9H2,1H3,(H,16,17). The Morgan fingerprint density at radius 3 is 2.82 bits per heavy atom. The summed E-state index contributed by atoms with van der Waals surface area (Å²) in [7, 11) is 1.93. The average molecular weight is 227 g/mol. The van der Waals surface area contributed by atoms with Gasteiger partial charge in [-0.25, -0.2) is 4.98 Å². The van der Waals surface area contributed by atoms with Crippen molar-refractivity contribution in [1.82, 2.24) is 4.98 Å². The predicted molar refractivity (Wildman–Crippen MR) is 72.5 cm³/mol. The molecular formula is C14H17N3. The summed E-state index contributed by atoms with van der Waals surface area (Å²) in [6, 6.07) is 10.4. The fraction of sp³-hybridized carbons (Fsp3) is 0.357. The molecule has 1 aliphatic rings. The topological polar surface area (TPSA) is 37.0 Å². The van der Waals surface area contributed by atoms with Crippen LogP contribution in [0.3, 0.4) is 0 Å². The van der Waals surface area contributed by atoms with Crippen LogP contribution in [0.15, 0.2) is 30.3 Å². The Bertz CT molecular complexity index is 532. The van der Waals surface area contributed by atoms with Crippen molar-refractivity contribution in [1.29, 1.82) is 0 Å². The average Bonchev–Trinajstić information content (AvgIpc) is 3.19. The van der Waals surface area contributed by atoms with Gasteiger partial charge < -0.3 is 10.6 Å². The summed E-state index contributed by atoms with van der Waals surface area (Å²) in [5.74, 6) is 1.86. The molecule has 0 radical (unpaired) electrons. The second-order valence-electron chi connectivity index (χ2n) is 4.68. The molecule has 1 heterocycles. The molecule has 2 aromatic rings. The van der Waals surface area contributed by atoms with Gasteiger partial charge in [-0.05, 0) is 43.0 Å². The lowest BCUT2D eigenvalue weighted by Gasteiger charge is -2.07. The molecule has 0 atom stereocenters. The number of nitrogens with one attached hydrogen (secondary N) is 2. The molecule has 0 amide bonds. The maximum Gasteiger partial charge on any atom is 0.126 e. The first kappa shape index (κ1) is 10.4. The Hall–Kier alpha value is -1.77. The van der Waals surface area contributed by atoms with Gasteiger partial charge in [0.2, 0.25) is 0 Å².